The third-order valence-electron chi connectivity index (χ3n) is 12.2. The summed E-state index contributed by atoms with van der Waals surface area (Å²) >= 11 is 3.52. The van der Waals surface area contributed by atoms with Crippen molar-refractivity contribution in [2.45, 2.75) is 0 Å². The predicted molar refractivity (Wildman–Crippen MR) is 267 cm³/mol. The Bertz CT molecular complexity index is 4370. The Hall–Kier alpha value is -7.97. The van der Waals surface area contributed by atoms with Crippen LogP contribution < -0.4 is 0 Å². The predicted octanol–water partition coefficient (Wildman–Crippen LogP) is 16.7. The molecule has 0 radical (unpaired) electrons. The van der Waals surface area contributed by atoms with Crippen molar-refractivity contribution in [3.8, 4) is 56.4 Å². The maximum Gasteiger partial charge on any atom is 0.164 e. The van der Waals surface area contributed by atoms with Gasteiger partial charge in [0.25, 0.3) is 0 Å². The van der Waals surface area contributed by atoms with Gasteiger partial charge < -0.3 is 8.83 Å². The standard InChI is InChI=1S/C57H31N3O2S2/c1-2-11-32(12-3-1)37-16-8-17-42-52-36(15-9-20-47(52)62-54(37)42)33-25-28-45-44(29-33)53-43(18-10-19-46(53)61-45)57-59-55(34-23-26-40-38-13-4-6-21-48(38)63-50(40)30-34)58-56(60-57)35-24-27-41-39-14-5-7-22-49(39)64-51(41)31-35/h1-31H/i1D,2D,3D,11D,12D. The van der Waals surface area contributed by atoms with Crippen molar-refractivity contribution in [2.24, 2.45) is 0 Å². The fourth-order valence-electron chi connectivity index (χ4n) is 9.34. The average molecular weight is 859 g/mol. The van der Waals surface area contributed by atoms with E-state index in [-0.39, 0.29) is 17.6 Å². The first-order chi connectivity index (χ1) is 33.8. The highest BCUT2D eigenvalue weighted by Crippen LogP contribution is 2.44. The highest BCUT2D eigenvalue weighted by Gasteiger charge is 2.21. The molecule has 298 valence electrons. The summed E-state index contributed by atoms with van der Waals surface area (Å²) in [5.41, 5.74) is 7.35. The molecule has 0 fully saturated rings. The molecule has 0 amide bonds. The van der Waals surface area contributed by atoms with Gasteiger partial charge in [-0.3, -0.25) is 0 Å². The number of rotatable bonds is 5. The molecular weight excluding hydrogens is 823 g/mol. The first-order valence-corrected chi connectivity index (χ1v) is 22.5. The zero-order chi connectivity index (χ0) is 46.2. The van der Waals surface area contributed by atoms with E-state index in [0.29, 0.717) is 45.4 Å². The van der Waals surface area contributed by atoms with Gasteiger partial charge in [0, 0.05) is 84.1 Å². The van der Waals surface area contributed by atoms with Crippen molar-refractivity contribution in [2.75, 3.05) is 0 Å². The Morgan fingerprint density at radius 3 is 1.61 bits per heavy atom. The van der Waals surface area contributed by atoms with Crippen LogP contribution in [0, 0.1) is 0 Å². The summed E-state index contributed by atoms with van der Waals surface area (Å²) in [4.78, 5) is 15.8. The summed E-state index contributed by atoms with van der Waals surface area (Å²) < 4.78 is 60.2. The molecule has 0 unspecified atom stereocenters. The van der Waals surface area contributed by atoms with Crippen LogP contribution in [0.4, 0.5) is 0 Å². The van der Waals surface area contributed by atoms with E-state index < -0.39 is 18.1 Å². The molecule has 5 nitrogen and oxygen atoms in total. The number of nitrogens with zero attached hydrogens (tertiary/aromatic N) is 3. The molecule has 0 bridgehead atoms. The Morgan fingerprint density at radius 2 is 0.906 bits per heavy atom. The third kappa shape index (κ3) is 5.45. The molecule has 14 aromatic rings. The van der Waals surface area contributed by atoms with Crippen molar-refractivity contribution >= 4 is 107 Å². The highest BCUT2D eigenvalue weighted by atomic mass is 32.1. The van der Waals surface area contributed by atoms with Gasteiger partial charge >= 0.3 is 0 Å². The van der Waals surface area contributed by atoms with E-state index in [1.54, 1.807) is 28.7 Å². The SMILES string of the molecule is [2H]c1c([2H])c([2H])c(-c2cccc3c2oc2cccc(-c4ccc5oc6cccc(-c7nc(-c8ccc9c(c8)sc8ccccc89)nc(-c8ccc9c(c8)sc8ccccc89)n7)c6c5c4)c23)c([2H])c1[2H]. The molecule has 64 heavy (non-hydrogen) atoms. The lowest BCUT2D eigenvalue weighted by Gasteiger charge is -2.10. The topological polar surface area (TPSA) is 65.0 Å². The Morgan fingerprint density at radius 1 is 0.359 bits per heavy atom. The molecule has 0 saturated heterocycles. The fourth-order valence-corrected chi connectivity index (χ4v) is 11.6. The van der Waals surface area contributed by atoms with E-state index in [1.807, 2.05) is 60.7 Å². The second kappa shape index (κ2) is 13.8. The second-order valence-corrected chi connectivity index (χ2v) is 18.0. The number of para-hydroxylation sites is 1. The molecule has 0 aliphatic heterocycles. The monoisotopic (exact) mass is 858 g/mol. The normalized spacial score (nSPS) is 13.2. The zero-order valence-corrected chi connectivity index (χ0v) is 35.1. The molecule has 0 saturated carbocycles. The third-order valence-corrected chi connectivity index (χ3v) is 14.5. The van der Waals surface area contributed by atoms with Crippen molar-refractivity contribution in [3.63, 3.8) is 0 Å². The number of aromatic nitrogens is 3. The van der Waals surface area contributed by atoms with E-state index in [2.05, 4.69) is 91.0 Å². The van der Waals surface area contributed by atoms with E-state index in [1.165, 1.54) is 30.9 Å². The lowest BCUT2D eigenvalue weighted by Crippen LogP contribution is -2.00. The molecule has 0 aliphatic rings. The molecule has 9 aromatic carbocycles. The van der Waals surface area contributed by atoms with E-state index in [9.17, 15) is 0 Å². The Kier molecular flexibility index (Phi) is 6.66. The number of furan rings is 2. The van der Waals surface area contributed by atoms with Crippen LogP contribution in [-0.4, -0.2) is 15.0 Å². The first kappa shape index (κ1) is 31.0. The molecule has 0 aliphatic carbocycles. The van der Waals surface area contributed by atoms with Crippen molar-refractivity contribution < 1.29 is 15.7 Å². The number of hydrogen-bond donors (Lipinski definition) is 0. The molecule has 5 aromatic heterocycles. The van der Waals surface area contributed by atoms with Crippen molar-refractivity contribution in [1.82, 2.24) is 15.0 Å². The summed E-state index contributed by atoms with van der Waals surface area (Å²) in [6, 6.07) is 51.6. The summed E-state index contributed by atoms with van der Waals surface area (Å²) in [6.45, 7) is 0. The molecule has 0 atom stereocenters. The van der Waals surface area contributed by atoms with Crippen molar-refractivity contribution in [1.29, 1.82) is 0 Å². The van der Waals surface area contributed by atoms with Gasteiger partial charge in [-0.15, -0.1) is 22.7 Å². The number of fused-ring (bicyclic) bond motifs is 12. The van der Waals surface area contributed by atoms with Gasteiger partial charge in [-0.1, -0.05) is 139 Å². The lowest BCUT2D eigenvalue weighted by molar-refractivity contribution is 0.669. The van der Waals surface area contributed by atoms with Crippen molar-refractivity contribution in [3.05, 3.63) is 188 Å². The molecule has 5 heterocycles. The number of hydrogen-bond acceptors (Lipinski definition) is 7. The largest absolute Gasteiger partial charge is 0.456 e. The summed E-state index contributed by atoms with van der Waals surface area (Å²) in [6.07, 6.45) is 0. The maximum absolute atomic E-state index is 8.74. The molecule has 7 heteroatoms. The zero-order valence-electron chi connectivity index (χ0n) is 38.5. The van der Waals surface area contributed by atoms with Gasteiger partial charge in [0.1, 0.15) is 22.3 Å². The lowest BCUT2D eigenvalue weighted by atomic mass is 9.96. The fraction of sp³-hybridized carbons (Fsp3) is 0. The minimum absolute atomic E-state index is 0.0944. The average Bonchev–Trinajstić information content (AvgIpc) is 4.17. The van der Waals surface area contributed by atoms with Crippen LogP contribution in [0.5, 0.6) is 0 Å². The summed E-state index contributed by atoms with van der Waals surface area (Å²) in [5.74, 6) is 1.65. The van der Waals surface area contributed by atoms with Crippen LogP contribution in [0.3, 0.4) is 0 Å². The first-order valence-electron chi connectivity index (χ1n) is 23.3. The number of thiophene rings is 2. The maximum atomic E-state index is 8.74. The number of benzene rings is 9. The molecular formula is C57H31N3O2S2. The second-order valence-electron chi connectivity index (χ2n) is 15.9. The van der Waals surface area contributed by atoms with Gasteiger partial charge in [0.05, 0.1) is 6.85 Å². The minimum Gasteiger partial charge on any atom is -0.456 e. The molecule has 0 spiro atoms. The van der Waals surface area contributed by atoms with Gasteiger partial charge in [0.2, 0.25) is 0 Å². The van der Waals surface area contributed by atoms with Crippen LogP contribution in [0.1, 0.15) is 6.85 Å². The van der Waals surface area contributed by atoms with Crippen LogP contribution in [-0.2, 0) is 0 Å². The minimum atomic E-state index is -0.440. The molecule has 0 N–H and O–H groups in total. The Labute approximate surface area is 380 Å². The molecule has 14 rings (SSSR count). The van der Waals surface area contributed by atoms with Crippen LogP contribution >= 0.6 is 22.7 Å². The smallest absolute Gasteiger partial charge is 0.164 e. The van der Waals surface area contributed by atoms with E-state index in [4.69, 9.17) is 30.6 Å². The van der Waals surface area contributed by atoms with Crippen LogP contribution in [0.2, 0.25) is 0 Å². The van der Waals surface area contributed by atoms with Gasteiger partial charge in [0.15, 0.2) is 17.5 Å². The van der Waals surface area contributed by atoms with E-state index >= 15 is 0 Å². The van der Waals surface area contributed by atoms with E-state index in [0.717, 1.165) is 58.8 Å². The van der Waals surface area contributed by atoms with Gasteiger partial charge in [-0.25, -0.2) is 15.0 Å². The summed E-state index contributed by atoms with van der Waals surface area (Å²) in [5, 5.41) is 8.19. The quantitative estimate of drug-likeness (QED) is 0.172. The van der Waals surface area contributed by atoms with Crippen LogP contribution in [0.15, 0.2) is 197 Å². The van der Waals surface area contributed by atoms with Crippen LogP contribution in [0.25, 0.3) is 141 Å². The Balaban J connectivity index is 0.961. The highest BCUT2D eigenvalue weighted by molar-refractivity contribution is 7.26. The summed E-state index contributed by atoms with van der Waals surface area (Å²) in [7, 11) is 0. The van der Waals surface area contributed by atoms with Gasteiger partial charge in [-0.2, -0.15) is 0 Å². The van der Waals surface area contributed by atoms with Gasteiger partial charge in [-0.05, 0) is 65.2 Å².